The van der Waals surface area contributed by atoms with Crippen LogP contribution in [0, 0.1) is 5.92 Å². The predicted molar refractivity (Wildman–Crippen MR) is 72.4 cm³/mol. The van der Waals surface area contributed by atoms with Crippen molar-refractivity contribution >= 4 is 21.4 Å². The fourth-order valence-corrected chi connectivity index (χ4v) is 3.06. The molecule has 1 aromatic carbocycles. The molecule has 0 amide bonds. The molecule has 0 aliphatic heterocycles. The summed E-state index contributed by atoms with van der Waals surface area (Å²) in [5.74, 6) is 0.865. The van der Waals surface area contributed by atoms with Crippen LogP contribution in [0.5, 0.6) is 0 Å². The summed E-state index contributed by atoms with van der Waals surface area (Å²) < 4.78 is 1.25. The van der Waals surface area contributed by atoms with Crippen molar-refractivity contribution < 1.29 is 5.11 Å². The van der Waals surface area contributed by atoms with E-state index in [-0.39, 0.29) is 6.10 Å². The summed E-state index contributed by atoms with van der Waals surface area (Å²) in [5, 5.41) is 14.7. The van der Waals surface area contributed by atoms with Crippen molar-refractivity contribution in [3.05, 3.63) is 35.2 Å². The lowest BCUT2D eigenvalue weighted by molar-refractivity contribution is 0.178. The number of rotatable bonds is 5. The van der Waals surface area contributed by atoms with Crippen LogP contribution in [0.25, 0.3) is 10.1 Å². The summed E-state index contributed by atoms with van der Waals surface area (Å²) in [5.41, 5.74) is 0. The van der Waals surface area contributed by atoms with Gasteiger partial charge in [-0.2, -0.15) is 0 Å². The molecule has 0 spiro atoms. The number of aliphatic hydroxyl groups is 1. The van der Waals surface area contributed by atoms with E-state index in [1.54, 1.807) is 11.3 Å². The van der Waals surface area contributed by atoms with Gasteiger partial charge in [0, 0.05) is 16.1 Å². The first-order valence-electron chi connectivity index (χ1n) is 6.20. The number of hydrogen-bond acceptors (Lipinski definition) is 3. The maximum atomic E-state index is 10.1. The Bertz CT molecular complexity index is 471. The van der Waals surface area contributed by atoms with Gasteiger partial charge in [0.25, 0.3) is 0 Å². The van der Waals surface area contributed by atoms with Gasteiger partial charge >= 0.3 is 0 Å². The van der Waals surface area contributed by atoms with E-state index in [0.717, 1.165) is 17.3 Å². The monoisotopic (exact) mass is 247 g/mol. The molecule has 1 fully saturated rings. The maximum Gasteiger partial charge on any atom is 0.101 e. The van der Waals surface area contributed by atoms with Crippen molar-refractivity contribution in [1.82, 2.24) is 5.32 Å². The molecular weight excluding hydrogens is 230 g/mol. The molecule has 0 saturated heterocycles. The lowest BCUT2D eigenvalue weighted by atomic mass is 10.2. The quantitative estimate of drug-likeness (QED) is 0.851. The SMILES string of the molecule is OC(CNCC1CC1)c1cc2ccccc2s1. The first-order valence-corrected chi connectivity index (χ1v) is 7.02. The fraction of sp³-hybridized carbons (Fsp3) is 0.429. The number of benzene rings is 1. The molecule has 2 nitrogen and oxygen atoms in total. The Morgan fingerprint density at radius 1 is 1.35 bits per heavy atom. The third kappa shape index (κ3) is 2.68. The zero-order chi connectivity index (χ0) is 11.7. The highest BCUT2D eigenvalue weighted by Crippen LogP contribution is 2.30. The second kappa shape index (κ2) is 4.77. The number of aliphatic hydroxyl groups excluding tert-OH is 1. The smallest absolute Gasteiger partial charge is 0.101 e. The van der Waals surface area contributed by atoms with Crippen molar-refractivity contribution in [2.75, 3.05) is 13.1 Å². The Hall–Kier alpha value is -0.900. The van der Waals surface area contributed by atoms with Crippen LogP contribution >= 0.6 is 11.3 Å². The molecule has 1 unspecified atom stereocenters. The van der Waals surface area contributed by atoms with Gasteiger partial charge in [0.05, 0.1) is 0 Å². The van der Waals surface area contributed by atoms with E-state index in [2.05, 4.69) is 23.5 Å². The van der Waals surface area contributed by atoms with Gasteiger partial charge in [0.2, 0.25) is 0 Å². The molecule has 1 aliphatic carbocycles. The predicted octanol–water partition coefficient (Wildman–Crippen LogP) is 2.93. The van der Waals surface area contributed by atoms with Crippen LogP contribution in [0.4, 0.5) is 0 Å². The van der Waals surface area contributed by atoms with Crippen LogP contribution in [-0.2, 0) is 0 Å². The van der Waals surface area contributed by atoms with Gasteiger partial charge in [-0.25, -0.2) is 0 Å². The normalized spacial score (nSPS) is 17.5. The molecule has 0 radical (unpaired) electrons. The summed E-state index contributed by atoms with van der Waals surface area (Å²) >= 11 is 1.69. The molecule has 0 bridgehead atoms. The lowest BCUT2D eigenvalue weighted by Crippen LogP contribution is -2.23. The van der Waals surface area contributed by atoms with E-state index in [9.17, 15) is 5.11 Å². The number of hydrogen-bond donors (Lipinski definition) is 2. The highest BCUT2D eigenvalue weighted by molar-refractivity contribution is 7.19. The second-order valence-electron chi connectivity index (χ2n) is 4.80. The van der Waals surface area contributed by atoms with Crippen LogP contribution in [0.2, 0.25) is 0 Å². The van der Waals surface area contributed by atoms with Crippen LogP contribution < -0.4 is 5.32 Å². The van der Waals surface area contributed by atoms with Crippen molar-refractivity contribution in [1.29, 1.82) is 0 Å². The zero-order valence-corrected chi connectivity index (χ0v) is 10.5. The average Bonchev–Trinajstić information content (AvgIpc) is 3.06. The zero-order valence-electron chi connectivity index (χ0n) is 9.73. The Labute approximate surface area is 105 Å². The molecule has 1 atom stereocenters. The Morgan fingerprint density at radius 2 is 2.18 bits per heavy atom. The van der Waals surface area contributed by atoms with E-state index in [1.165, 1.54) is 22.9 Å². The fourth-order valence-electron chi connectivity index (χ4n) is 2.01. The number of nitrogens with one attached hydrogen (secondary N) is 1. The first-order chi connectivity index (χ1) is 8.33. The minimum absolute atomic E-state index is 0.369. The van der Waals surface area contributed by atoms with Gasteiger partial charge in [-0.15, -0.1) is 11.3 Å². The summed E-state index contributed by atoms with van der Waals surface area (Å²) in [6.45, 7) is 1.73. The van der Waals surface area contributed by atoms with Gasteiger partial charge in [0.1, 0.15) is 6.10 Å². The average molecular weight is 247 g/mol. The molecule has 3 rings (SSSR count). The van der Waals surface area contributed by atoms with E-state index >= 15 is 0 Å². The van der Waals surface area contributed by atoms with E-state index in [1.807, 2.05) is 12.1 Å². The molecule has 17 heavy (non-hydrogen) atoms. The van der Waals surface area contributed by atoms with Crippen molar-refractivity contribution in [2.45, 2.75) is 18.9 Å². The van der Waals surface area contributed by atoms with E-state index in [0.29, 0.717) is 6.54 Å². The van der Waals surface area contributed by atoms with Gasteiger partial charge in [-0.05, 0) is 42.8 Å². The van der Waals surface area contributed by atoms with Crippen LogP contribution in [0.15, 0.2) is 30.3 Å². The molecule has 2 aromatic rings. The van der Waals surface area contributed by atoms with Crippen LogP contribution in [0.3, 0.4) is 0 Å². The molecule has 3 heteroatoms. The molecule has 1 aromatic heterocycles. The highest BCUT2D eigenvalue weighted by Gasteiger charge is 2.21. The van der Waals surface area contributed by atoms with Crippen molar-refractivity contribution in [3.63, 3.8) is 0 Å². The lowest BCUT2D eigenvalue weighted by Gasteiger charge is -2.09. The van der Waals surface area contributed by atoms with Crippen LogP contribution in [-0.4, -0.2) is 18.2 Å². The largest absolute Gasteiger partial charge is 0.386 e. The van der Waals surface area contributed by atoms with Gasteiger partial charge in [-0.1, -0.05) is 18.2 Å². The van der Waals surface area contributed by atoms with Crippen LogP contribution in [0.1, 0.15) is 23.8 Å². The van der Waals surface area contributed by atoms with Gasteiger partial charge in [0.15, 0.2) is 0 Å². The maximum absolute atomic E-state index is 10.1. The van der Waals surface area contributed by atoms with Crippen molar-refractivity contribution in [3.8, 4) is 0 Å². The van der Waals surface area contributed by atoms with Gasteiger partial charge in [-0.3, -0.25) is 0 Å². The molecule has 1 aliphatic rings. The number of thiophene rings is 1. The molecule has 1 saturated carbocycles. The Morgan fingerprint density at radius 3 is 2.94 bits per heavy atom. The second-order valence-corrected chi connectivity index (χ2v) is 5.92. The minimum Gasteiger partial charge on any atom is -0.386 e. The Balaban J connectivity index is 1.64. The minimum atomic E-state index is -0.369. The van der Waals surface area contributed by atoms with E-state index < -0.39 is 0 Å². The molecule has 2 N–H and O–H groups in total. The first kappa shape index (κ1) is 11.2. The topological polar surface area (TPSA) is 32.3 Å². The molecule has 1 heterocycles. The van der Waals surface area contributed by atoms with E-state index in [4.69, 9.17) is 0 Å². The number of fused-ring (bicyclic) bond motifs is 1. The third-order valence-corrected chi connectivity index (χ3v) is 4.46. The Kier molecular flexibility index (Phi) is 3.14. The summed E-state index contributed by atoms with van der Waals surface area (Å²) in [4.78, 5) is 1.06. The summed E-state index contributed by atoms with van der Waals surface area (Å²) in [6.07, 6.45) is 2.34. The highest BCUT2D eigenvalue weighted by atomic mass is 32.1. The van der Waals surface area contributed by atoms with Gasteiger partial charge < -0.3 is 10.4 Å². The summed E-state index contributed by atoms with van der Waals surface area (Å²) in [6, 6.07) is 10.4. The standard InChI is InChI=1S/C14H17NOS/c16-12(9-15-8-10-5-6-10)14-7-11-3-1-2-4-13(11)17-14/h1-4,7,10,12,15-16H,5-6,8-9H2. The summed E-state index contributed by atoms with van der Waals surface area (Å²) in [7, 11) is 0. The molecular formula is C14H17NOS. The third-order valence-electron chi connectivity index (χ3n) is 3.24. The molecule has 90 valence electrons. The van der Waals surface area contributed by atoms with Crippen molar-refractivity contribution in [2.24, 2.45) is 5.92 Å².